The molecule has 1 aliphatic rings. The van der Waals surface area contributed by atoms with Gasteiger partial charge in [0.1, 0.15) is 0 Å². The molecule has 2 aromatic carbocycles. The van der Waals surface area contributed by atoms with Gasteiger partial charge in [0.15, 0.2) is 0 Å². The zero-order chi connectivity index (χ0) is 21.3. The molecular weight excluding hydrogens is 376 g/mol. The van der Waals surface area contributed by atoms with E-state index in [4.69, 9.17) is 5.73 Å². The van der Waals surface area contributed by atoms with Crippen LogP contribution in [0.2, 0.25) is 0 Å². The minimum Gasteiger partial charge on any atom is -0.372 e. The lowest BCUT2D eigenvalue weighted by molar-refractivity contribution is -0.121. The molecule has 3 rings (SSSR count). The Morgan fingerprint density at radius 1 is 0.967 bits per heavy atom. The minimum absolute atomic E-state index is 0.0679. The van der Waals surface area contributed by atoms with Crippen LogP contribution < -0.4 is 21.3 Å². The van der Waals surface area contributed by atoms with Crippen molar-refractivity contribution in [2.45, 2.75) is 45.6 Å². The van der Waals surface area contributed by atoms with Crippen molar-refractivity contribution in [2.24, 2.45) is 11.7 Å². The number of hydrogen-bond donors (Lipinski definition) is 3. The normalized spacial score (nSPS) is 14.4. The number of piperidine rings is 1. The highest BCUT2D eigenvalue weighted by Gasteiger charge is 2.15. The number of carbonyl (C=O) groups is 2. The average Bonchev–Trinajstić information content (AvgIpc) is 2.74. The maximum Gasteiger partial charge on any atom is 0.220 e. The molecule has 6 nitrogen and oxygen atoms in total. The molecule has 160 valence electrons. The molecule has 2 aromatic rings. The zero-order valence-corrected chi connectivity index (χ0v) is 17.7. The molecule has 0 radical (unpaired) electrons. The molecule has 0 aromatic heterocycles. The quantitative estimate of drug-likeness (QED) is 0.586. The fourth-order valence-electron chi connectivity index (χ4n) is 3.61. The molecule has 0 spiro atoms. The summed E-state index contributed by atoms with van der Waals surface area (Å²) < 4.78 is 0. The Kier molecular flexibility index (Phi) is 7.71. The predicted molar refractivity (Wildman–Crippen MR) is 122 cm³/mol. The van der Waals surface area contributed by atoms with Gasteiger partial charge in [0.2, 0.25) is 11.8 Å². The molecule has 4 N–H and O–H groups in total. The molecule has 1 heterocycles. The van der Waals surface area contributed by atoms with Gasteiger partial charge < -0.3 is 21.3 Å². The summed E-state index contributed by atoms with van der Waals surface area (Å²) in [6.07, 6.45) is 3.57. The van der Waals surface area contributed by atoms with Crippen molar-refractivity contribution in [1.29, 1.82) is 0 Å². The molecule has 6 heteroatoms. The standard InChI is InChI=1S/C24H32N4O2/c1-18-13-15-28(16-14-18)22-11-9-21(10-12-22)27-20-7-5-19(6-8-20)17-26-24(30)4-2-3-23(25)29/h5-12,18,27H,2-4,13-17H2,1H3,(H2,25,29)(H,26,30). The number of benzene rings is 2. The Labute approximate surface area is 178 Å². The van der Waals surface area contributed by atoms with Crippen LogP contribution in [0.5, 0.6) is 0 Å². The SMILES string of the molecule is CC1CCN(c2ccc(Nc3ccc(CNC(=O)CCCC(N)=O)cc3)cc2)CC1. The number of amides is 2. The molecule has 0 saturated carbocycles. The van der Waals surface area contributed by atoms with E-state index in [1.165, 1.54) is 18.5 Å². The Hall–Kier alpha value is -3.02. The third-order valence-corrected chi connectivity index (χ3v) is 5.58. The second-order valence-electron chi connectivity index (χ2n) is 8.13. The van der Waals surface area contributed by atoms with Crippen LogP contribution >= 0.6 is 0 Å². The first-order chi connectivity index (χ1) is 14.5. The first-order valence-corrected chi connectivity index (χ1v) is 10.8. The van der Waals surface area contributed by atoms with Crippen LogP contribution in [0.3, 0.4) is 0 Å². The number of rotatable bonds is 9. The summed E-state index contributed by atoms with van der Waals surface area (Å²) in [6, 6.07) is 16.6. The number of carbonyl (C=O) groups excluding carboxylic acids is 2. The number of nitrogens with one attached hydrogen (secondary N) is 2. The highest BCUT2D eigenvalue weighted by Crippen LogP contribution is 2.25. The van der Waals surface area contributed by atoms with Crippen LogP contribution in [-0.4, -0.2) is 24.9 Å². The van der Waals surface area contributed by atoms with E-state index >= 15 is 0 Å². The molecule has 1 fully saturated rings. The smallest absolute Gasteiger partial charge is 0.220 e. The molecule has 1 saturated heterocycles. The van der Waals surface area contributed by atoms with Crippen molar-refractivity contribution in [3.8, 4) is 0 Å². The summed E-state index contributed by atoms with van der Waals surface area (Å²) in [4.78, 5) is 24.9. The van der Waals surface area contributed by atoms with Gasteiger partial charge in [-0.25, -0.2) is 0 Å². The van der Waals surface area contributed by atoms with Crippen LogP contribution in [0.4, 0.5) is 17.1 Å². The van der Waals surface area contributed by atoms with Gasteiger partial charge in [-0.1, -0.05) is 19.1 Å². The third-order valence-electron chi connectivity index (χ3n) is 5.58. The van der Waals surface area contributed by atoms with E-state index in [0.29, 0.717) is 19.4 Å². The fraction of sp³-hybridized carbons (Fsp3) is 0.417. The molecular formula is C24H32N4O2. The summed E-state index contributed by atoms with van der Waals surface area (Å²) in [5.41, 5.74) is 9.45. The first-order valence-electron chi connectivity index (χ1n) is 10.8. The Bertz CT molecular complexity index is 825. The Morgan fingerprint density at radius 2 is 1.57 bits per heavy atom. The van der Waals surface area contributed by atoms with E-state index in [-0.39, 0.29) is 18.2 Å². The average molecular weight is 409 g/mol. The van der Waals surface area contributed by atoms with Gasteiger partial charge in [0.05, 0.1) is 0 Å². The molecule has 0 bridgehead atoms. The summed E-state index contributed by atoms with van der Waals surface area (Å²) in [6.45, 7) is 5.07. The number of hydrogen-bond acceptors (Lipinski definition) is 4. The van der Waals surface area contributed by atoms with E-state index in [2.05, 4.69) is 46.7 Å². The minimum atomic E-state index is -0.373. The summed E-state index contributed by atoms with van der Waals surface area (Å²) in [7, 11) is 0. The van der Waals surface area contributed by atoms with Crippen molar-refractivity contribution in [3.05, 3.63) is 54.1 Å². The Balaban J connectivity index is 1.45. The highest BCUT2D eigenvalue weighted by atomic mass is 16.2. The zero-order valence-electron chi connectivity index (χ0n) is 17.7. The predicted octanol–water partition coefficient (Wildman–Crippen LogP) is 3.94. The van der Waals surface area contributed by atoms with Crippen molar-refractivity contribution >= 4 is 28.9 Å². The molecule has 0 atom stereocenters. The molecule has 0 aliphatic carbocycles. The number of nitrogens with two attached hydrogens (primary N) is 1. The van der Waals surface area contributed by atoms with Crippen molar-refractivity contribution in [1.82, 2.24) is 5.32 Å². The molecule has 1 aliphatic heterocycles. The van der Waals surface area contributed by atoms with E-state index in [9.17, 15) is 9.59 Å². The fourth-order valence-corrected chi connectivity index (χ4v) is 3.61. The highest BCUT2D eigenvalue weighted by molar-refractivity contribution is 5.78. The van der Waals surface area contributed by atoms with E-state index < -0.39 is 0 Å². The van der Waals surface area contributed by atoms with Gasteiger partial charge in [-0.05, 0) is 67.1 Å². The Morgan fingerprint density at radius 3 is 2.17 bits per heavy atom. The second-order valence-corrected chi connectivity index (χ2v) is 8.13. The van der Waals surface area contributed by atoms with E-state index in [1.807, 2.05) is 24.3 Å². The maximum atomic E-state index is 11.8. The van der Waals surface area contributed by atoms with Gasteiger partial charge >= 0.3 is 0 Å². The van der Waals surface area contributed by atoms with Gasteiger partial charge in [-0.15, -0.1) is 0 Å². The molecule has 2 amide bonds. The molecule has 30 heavy (non-hydrogen) atoms. The number of anilines is 3. The lowest BCUT2D eigenvalue weighted by Crippen LogP contribution is -2.32. The van der Waals surface area contributed by atoms with Gasteiger partial charge in [0.25, 0.3) is 0 Å². The topological polar surface area (TPSA) is 87.5 Å². The van der Waals surface area contributed by atoms with Crippen LogP contribution in [0.25, 0.3) is 0 Å². The van der Waals surface area contributed by atoms with Crippen molar-refractivity contribution in [3.63, 3.8) is 0 Å². The third kappa shape index (κ3) is 6.79. The number of nitrogens with zero attached hydrogens (tertiary/aromatic N) is 1. The number of primary amides is 1. The lowest BCUT2D eigenvalue weighted by Gasteiger charge is -2.32. The van der Waals surface area contributed by atoms with Gasteiger partial charge in [-0.3, -0.25) is 9.59 Å². The van der Waals surface area contributed by atoms with Crippen LogP contribution in [0.1, 0.15) is 44.6 Å². The van der Waals surface area contributed by atoms with Crippen LogP contribution in [0, 0.1) is 5.92 Å². The first kappa shape index (κ1) is 21.7. The van der Waals surface area contributed by atoms with Crippen molar-refractivity contribution < 1.29 is 9.59 Å². The van der Waals surface area contributed by atoms with E-state index in [1.54, 1.807) is 0 Å². The van der Waals surface area contributed by atoms with Crippen LogP contribution in [0.15, 0.2) is 48.5 Å². The summed E-state index contributed by atoms with van der Waals surface area (Å²) >= 11 is 0. The monoisotopic (exact) mass is 408 g/mol. The van der Waals surface area contributed by atoms with E-state index in [0.717, 1.165) is 35.9 Å². The van der Waals surface area contributed by atoms with Gasteiger partial charge in [-0.2, -0.15) is 0 Å². The second kappa shape index (κ2) is 10.7. The molecule has 0 unspecified atom stereocenters. The lowest BCUT2D eigenvalue weighted by atomic mass is 9.99. The van der Waals surface area contributed by atoms with Crippen molar-refractivity contribution in [2.75, 3.05) is 23.3 Å². The summed E-state index contributed by atoms with van der Waals surface area (Å²) in [5, 5.41) is 6.29. The summed E-state index contributed by atoms with van der Waals surface area (Å²) in [5.74, 6) is 0.392. The van der Waals surface area contributed by atoms with Gasteiger partial charge in [0, 0.05) is 49.5 Å². The maximum absolute atomic E-state index is 11.8. The largest absolute Gasteiger partial charge is 0.372 e. The van der Waals surface area contributed by atoms with Crippen LogP contribution in [-0.2, 0) is 16.1 Å².